The average molecular weight is 491 g/mol. The zero-order valence-electron chi connectivity index (χ0n) is 14.5. The number of anilines is 2. The summed E-state index contributed by atoms with van der Waals surface area (Å²) in [7, 11) is 0. The van der Waals surface area contributed by atoms with Crippen LogP contribution in [0.5, 0.6) is 0 Å². The molecule has 27 heavy (non-hydrogen) atoms. The molecule has 1 aliphatic carbocycles. The molecule has 1 aliphatic rings. The first-order chi connectivity index (χ1) is 12.4. The molecule has 1 aromatic heterocycles. The largest absolute Gasteiger partial charge is 0.419 e. The molecule has 2 aromatic rings. The van der Waals surface area contributed by atoms with Crippen molar-refractivity contribution in [3.8, 4) is 0 Å². The number of nitrogens with zero attached hydrogens (tertiary/aromatic N) is 2. The second-order valence-electron chi connectivity index (χ2n) is 6.05. The normalized spacial score (nSPS) is 13.7. The lowest BCUT2D eigenvalue weighted by molar-refractivity contribution is -0.137. The summed E-state index contributed by atoms with van der Waals surface area (Å²) in [5.41, 5.74) is 8.60. The minimum Gasteiger partial charge on any atom is -0.370 e. The number of nitrogens with one attached hydrogen (secondary N) is 2. The summed E-state index contributed by atoms with van der Waals surface area (Å²) >= 11 is 0. The first-order valence-electron chi connectivity index (χ1n) is 8.38. The van der Waals surface area contributed by atoms with E-state index in [1.807, 2.05) is 6.07 Å². The van der Waals surface area contributed by atoms with E-state index >= 15 is 0 Å². The van der Waals surface area contributed by atoms with Crippen molar-refractivity contribution in [2.45, 2.75) is 25.4 Å². The zero-order chi connectivity index (χ0) is 18.6. The van der Waals surface area contributed by atoms with Crippen molar-refractivity contribution >= 4 is 41.4 Å². The number of nitrogens with two attached hydrogens (primary N) is 1. The smallest absolute Gasteiger partial charge is 0.370 e. The predicted molar refractivity (Wildman–Crippen MR) is 112 cm³/mol. The standard InChI is InChI=1S/C18H20F3N5.HI/c19-18(20,21)15-5-2-8-23-16(15)24-9-10-25-17(22)26-14-7-6-12-3-1-4-13(12)11-14;/h2,5-8,11H,1,3-4,9-10H2,(H,23,24)(H3,22,25,26);1H. The topological polar surface area (TPSA) is 75.3 Å². The van der Waals surface area contributed by atoms with E-state index in [0.29, 0.717) is 0 Å². The van der Waals surface area contributed by atoms with Gasteiger partial charge in [-0.25, -0.2) is 4.98 Å². The second kappa shape index (κ2) is 9.25. The molecule has 0 spiro atoms. The van der Waals surface area contributed by atoms with Gasteiger partial charge >= 0.3 is 6.18 Å². The lowest BCUT2D eigenvalue weighted by atomic mass is 10.1. The van der Waals surface area contributed by atoms with Crippen LogP contribution in [0.2, 0.25) is 0 Å². The van der Waals surface area contributed by atoms with Crippen LogP contribution in [-0.4, -0.2) is 24.0 Å². The molecule has 0 bridgehead atoms. The van der Waals surface area contributed by atoms with E-state index in [9.17, 15) is 13.2 Å². The SMILES string of the molecule is I.NC(=NCCNc1ncccc1C(F)(F)F)Nc1ccc2c(c1)CCC2. The number of hydrogen-bond acceptors (Lipinski definition) is 3. The molecule has 0 aliphatic heterocycles. The lowest BCUT2D eigenvalue weighted by Gasteiger charge is -2.12. The van der Waals surface area contributed by atoms with Gasteiger partial charge in [0.2, 0.25) is 0 Å². The number of aryl methyl sites for hydroxylation is 2. The molecular weight excluding hydrogens is 470 g/mol. The fraction of sp³-hybridized carbons (Fsp3) is 0.333. The third-order valence-corrected chi connectivity index (χ3v) is 4.17. The zero-order valence-corrected chi connectivity index (χ0v) is 16.8. The summed E-state index contributed by atoms with van der Waals surface area (Å²) in [6.45, 7) is 0.407. The molecule has 0 fully saturated rings. The van der Waals surface area contributed by atoms with Crippen molar-refractivity contribution in [2.24, 2.45) is 10.7 Å². The van der Waals surface area contributed by atoms with Gasteiger partial charge in [0.1, 0.15) is 5.82 Å². The molecule has 0 unspecified atom stereocenters. The Morgan fingerprint density at radius 1 is 1.19 bits per heavy atom. The number of pyridine rings is 1. The molecule has 9 heteroatoms. The van der Waals surface area contributed by atoms with E-state index in [1.54, 1.807) is 0 Å². The molecule has 1 heterocycles. The number of guanidine groups is 1. The van der Waals surface area contributed by atoms with Crippen molar-refractivity contribution in [3.63, 3.8) is 0 Å². The quantitative estimate of drug-likeness (QED) is 0.256. The summed E-state index contributed by atoms with van der Waals surface area (Å²) in [6, 6.07) is 8.34. The molecule has 146 valence electrons. The lowest BCUT2D eigenvalue weighted by Crippen LogP contribution is -2.24. The number of aromatic nitrogens is 1. The Hall–Kier alpha value is -2.04. The molecule has 0 saturated carbocycles. The van der Waals surface area contributed by atoms with Gasteiger partial charge in [0.15, 0.2) is 5.96 Å². The maximum atomic E-state index is 12.9. The van der Waals surface area contributed by atoms with Gasteiger partial charge in [-0.15, -0.1) is 24.0 Å². The van der Waals surface area contributed by atoms with Crippen molar-refractivity contribution in [1.82, 2.24) is 4.98 Å². The number of benzene rings is 1. The Kier molecular flexibility index (Phi) is 7.28. The highest BCUT2D eigenvalue weighted by molar-refractivity contribution is 14.0. The third-order valence-electron chi connectivity index (χ3n) is 4.17. The first-order valence-corrected chi connectivity index (χ1v) is 8.38. The van der Waals surface area contributed by atoms with E-state index in [1.165, 1.54) is 29.8 Å². The minimum atomic E-state index is -4.45. The van der Waals surface area contributed by atoms with E-state index < -0.39 is 11.7 Å². The highest BCUT2D eigenvalue weighted by Crippen LogP contribution is 2.33. The van der Waals surface area contributed by atoms with Crippen LogP contribution in [0.1, 0.15) is 23.1 Å². The number of alkyl halides is 3. The Bertz CT molecular complexity index is 808. The van der Waals surface area contributed by atoms with Crippen molar-refractivity contribution in [1.29, 1.82) is 0 Å². The molecular formula is C18H21F3IN5. The van der Waals surface area contributed by atoms with E-state index in [0.717, 1.165) is 24.6 Å². The van der Waals surface area contributed by atoms with Crippen LogP contribution in [0.25, 0.3) is 0 Å². The van der Waals surface area contributed by atoms with Crippen LogP contribution >= 0.6 is 24.0 Å². The first kappa shape index (κ1) is 21.3. The van der Waals surface area contributed by atoms with Crippen LogP contribution in [0.4, 0.5) is 24.7 Å². The Balaban J connectivity index is 0.00000261. The van der Waals surface area contributed by atoms with E-state index in [2.05, 4.69) is 32.7 Å². The van der Waals surface area contributed by atoms with Gasteiger partial charge < -0.3 is 16.4 Å². The summed E-state index contributed by atoms with van der Waals surface area (Å²) in [5.74, 6) is 0.0159. The van der Waals surface area contributed by atoms with Gasteiger partial charge in [-0.2, -0.15) is 13.2 Å². The highest BCUT2D eigenvalue weighted by Gasteiger charge is 2.33. The van der Waals surface area contributed by atoms with E-state index in [4.69, 9.17) is 5.73 Å². The summed E-state index contributed by atoms with van der Waals surface area (Å²) < 4.78 is 38.7. The maximum Gasteiger partial charge on any atom is 0.419 e. The fourth-order valence-corrected chi connectivity index (χ4v) is 2.96. The van der Waals surface area contributed by atoms with Gasteiger partial charge in [0.25, 0.3) is 0 Å². The van der Waals surface area contributed by atoms with Crippen molar-refractivity contribution in [3.05, 3.63) is 53.2 Å². The Morgan fingerprint density at radius 2 is 1.96 bits per heavy atom. The third kappa shape index (κ3) is 5.72. The average Bonchev–Trinajstić information content (AvgIpc) is 3.06. The van der Waals surface area contributed by atoms with Gasteiger partial charge in [-0.05, 0) is 54.7 Å². The summed E-state index contributed by atoms with van der Waals surface area (Å²) in [4.78, 5) is 7.87. The molecule has 1 aromatic carbocycles. The molecule has 3 rings (SSSR count). The number of aliphatic imine (C=N–C) groups is 1. The highest BCUT2D eigenvalue weighted by atomic mass is 127. The molecule has 0 saturated heterocycles. The van der Waals surface area contributed by atoms with Crippen LogP contribution in [-0.2, 0) is 19.0 Å². The Morgan fingerprint density at radius 3 is 2.74 bits per heavy atom. The van der Waals surface area contributed by atoms with Crippen LogP contribution in [0, 0.1) is 0 Å². The van der Waals surface area contributed by atoms with Crippen molar-refractivity contribution < 1.29 is 13.2 Å². The summed E-state index contributed by atoms with van der Waals surface area (Å²) in [6.07, 6.45) is 0.204. The van der Waals surface area contributed by atoms with Crippen LogP contribution in [0.3, 0.4) is 0 Å². The monoisotopic (exact) mass is 491 g/mol. The summed E-state index contributed by atoms with van der Waals surface area (Å²) in [5, 5.41) is 5.66. The van der Waals surface area contributed by atoms with Gasteiger partial charge in [-0.3, -0.25) is 4.99 Å². The fourth-order valence-electron chi connectivity index (χ4n) is 2.96. The number of hydrogen-bond donors (Lipinski definition) is 3. The molecule has 0 atom stereocenters. The predicted octanol–water partition coefficient (Wildman–Crippen LogP) is 4.05. The van der Waals surface area contributed by atoms with E-state index in [-0.39, 0.29) is 48.8 Å². The van der Waals surface area contributed by atoms with Crippen LogP contribution < -0.4 is 16.4 Å². The van der Waals surface area contributed by atoms with Gasteiger partial charge in [0.05, 0.1) is 12.1 Å². The van der Waals surface area contributed by atoms with Crippen LogP contribution in [0.15, 0.2) is 41.5 Å². The number of halogens is 4. The van der Waals surface area contributed by atoms with Gasteiger partial charge in [-0.1, -0.05) is 6.07 Å². The maximum absolute atomic E-state index is 12.9. The molecule has 0 radical (unpaired) electrons. The molecule has 0 amide bonds. The number of rotatable bonds is 5. The molecule has 4 N–H and O–H groups in total. The minimum absolute atomic E-state index is 0. The molecule has 5 nitrogen and oxygen atoms in total. The number of fused-ring (bicyclic) bond motifs is 1. The van der Waals surface area contributed by atoms with Gasteiger partial charge in [0, 0.05) is 18.4 Å². The van der Waals surface area contributed by atoms with Crippen molar-refractivity contribution in [2.75, 3.05) is 23.7 Å². The second-order valence-corrected chi connectivity index (χ2v) is 6.05. The Labute approximate surface area is 172 Å².